The van der Waals surface area contributed by atoms with Gasteiger partial charge in [0.2, 0.25) is 0 Å². The van der Waals surface area contributed by atoms with E-state index in [0.29, 0.717) is 24.4 Å². The molecular weight excluding hydrogens is 332 g/mol. The Morgan fingerprint density at radius 1 is 1.53 bits per heavy atom. The van der Waals surface area contributed by atoms with Gasteiger partial charge in [-0.3, -0.25) is 0 Å². The third-order valence-corrected chi connectivity index (χ3v) is 3.72. The summed E-state index contributed by atoms with van der Waals surface area (Å²) in [6, 6.07) is 3.76. The predicted molar refractivity (Wildman–Crippen MR) is 82.3 cm³/mol. The second-order valence-corrected chi connectivity index (χ2v) is 5.14. The number of hydrogen-bond donors (Lipinski definition) is 2. The number of rotatable bonds is 5. The van der Waals surface area contributed by atoms with Gasteiger partial charge in [-0.15, -0.1) is 12.4 Å². The van der Waals surface area contributed by atoms with Gasteiger partial charge in [0.25, 0.3) is 0 Å². The average molecular weight is 350 g/mol. The molecule has 1 aliphatic heterocycles. The van der Waals surface area contributed by atoms with Gasteiger partial charge in [0.15, 0.2) is 0 Å². The minimum Gasteiger partial charge on any atom is -0.494 e. The largest absolute Gasteiger partial charge is 0.495 e. The Bertz CT molecular complexity index is 436. The van der Waals surface area contributed by atoms with Gasteiger partial charge >= 0.3 is 7.12 Å². The van der Waals surface area contributed by atoms with Crippen molar-refractivity contribution in [3.63, 3.8) is 0 Å². The molecule has 0 spiro atoms. The maximum atomic E-state index is 9.97. The van der Waals surface area contributed by atoms with Crippen LogP contribution in [0, 0.1) is 0 Å². The maximum absolute atomic E-state index is 9.97. The first-order valence-corrected chi connectivity index (χ1v) is 6.97. The van der Waals surface area contributed by atoms with Crippen molar-refractivity contribution in [1.82, 2.24) is 0 Å². The predicted octanol–water partition coefficient (Wildman–Crippen LogP) is 1.77. The fraction of sp³-hybridized carbons (Fsp3) is 0.500. The number of nitrogens with two attached hydrogens (primary N) is 1. The number of hydrogen-bond acceptors (Lipinski definition) is 4. The van der Waals surface area contributed by atoms with Crippen molar-refractivity contribution in [1.29, 1.82) is 0 Å². The summed E-state index contributed by atoms with van der Waals surface area (Å²) in [6.07, 6.45) is 1.78. The molecule has 0 amide bonds. The number of halogens is 2. The van der Waals surface area contributed by atoms with Crippen molar-refractivity contribution in [2.45, 2.75) is 25.9 Å². The van der Waals surface area contributed by atoms with Crippen LogP contribution in [0.15, 0.2) is 16.6 Å². The number of unbranched alkanes of at least 4 members (excludes halogenated alkanes) is 1. The molecule has 1 aromatic carbocycles. The lowest BCUT2D eigenvalue weighted by molar-refractivity contribution is 0.197. The van der Waals surface area contributed by atoms with E-state index >= 15 is 0 Å². The maximum Gasteiger partial charge on any atom is 0.495 e. The van der Waals surface area contributed by atoms with E-state index in [1.165, 1.54) is 0 Å². The minimum absolute atomic E-state index is 0. The fourth-order valence-corrected chi connectivity index (χ4v) is 2.69. The summed E-state index contributed by atoms with van der Waals surface area (Å²) in [5.41, 5.74) is 7.26. The van der Waals surface area contributed by atoms with Crippen molar-refractivity contribution in [3.05, 3.63) is 22.2 Å². The van der Waals surface area contributed by atoms with Crippen LogP contribution in [0.4, 0.5) is 0 Å². The summed E-state index contributed by atoms with van der Waals surface area (Å²) >= 11 is 3.47. The van der Waals surface area contributed by atoms with Crippen molar-refractivity contribution in [2.24, 2.45) is 5.73 Å². The van der Waals surface area contributed by atoms with E-state index in [-0.39, 0.29) is 18.5 Å². The SMILES string of the molecule is CCCCOc1ccc(Br)c2c1B(O)O[C@@H]2CN.Cl. The van der Waals surface area contributed by atoms with Gasteiger partial charge < -0.3 is 20.1 Å². The Labute approximate surface area is 128 Å². The molecule has 2 rings (SSSR count). The van der Waals surface area contributed by atoms with Gasteiger partial charge in [-0.25, -0.2) is 0 Å². The molecule has 0 saturated heterocycles. The topological polar surface area (TPSA) is 64.7 Å². The van der Waals surface area contributed by atoms with Gasteiger partial charge in [0.1, 0.15) is 5.75 Å². The summed E-state index contributed by atoms with van der Waals surface area (Å²) in [5.74, 6) is 0.685. The normalized spacial score (nSPS) is 17.1. The Morgan fingerprint density at radius 3 is 2.89 bits per heavy atom. The minimum atomic E-state index is -0.956. The first-order chi connectivity index (χ1) is 8.69. The smallest absolute Gasteiger partial charge is 0.494 e. The highest BCUT2D eigenvalue weighted by Crippen LogP contribution is 2.33. The highest BCUT2D eigenvalue weighted by Gasteiger charge is 2.38. The van der Waals surface area contributed by atoms with Crippen molar-refractivity contribution < 1.29 is 14.4 Å². The van der Waals surface area contributed by atoms with Crippen LogP contribution in [0.1, 0.15) is 31.4 Å². The lowest BCUT2D eigenvalue weighted by Crippen LogP contribution is -2.30. The fourth-order valence-electron chi connectivity index (χ4n) is 2.09. The molecular formula is C12H18BBrClNO3. The molecule has 1 heterocycles. The van der Waals surface area contributed by atoms with Gasteiger partial charge in [0.05, 0.1) is 12.7 Å². The quantitative estimate of drug-likeness (QED) is 0.627. The summed E-state index contributed by atoms with van der Waals surface area (Å²) in [7, 11) is -0.956. The van der Waals surface area contributed by atoms with Gasteiger partial charge in [0, 0.05) is 16.5 Å². The second kappa shape index (κ2) is 7.50. The van der Waals surface area contributed by atoms with Crippen LogP contribution < -0.4 is 15.9 Å². The molecule has 0 fully saturated rings. The first-order valence-electron chi connectivity index (χ1n) is 6.17. The van der Waals surface area contributed by atoms with E-state index in [1.54, 1.807) is 0 Å². The van der Waals surface area contributed by atoms with E-state index in [9.17, 15) is 5.02 Å². The molecule has 1 aliphatic rings. The lowest BCUT2D eigenvalue weighted by Gasteiger charge is -2.13. The van der Waals surface area contributed by atoms with Crippen LogP contribution in [0.25, 0.3) is 0 Å². The van der Waals surface area contributed by atoms with Crippen LogP contribution in [0.5, 0.6) is 5.75 Å². The van der Waals surface area contributed by atoms with E-state index in [4.69, 9.17) is 15.1 Å². The summed E-state index contributed by atoms with van der Waals surface area (Å²) in [4.78, 5) is 0. The van der Waals surface area contributed by atoms with Crippen LogP contribution in [0.3, 0.4) is 0 Å². The molecule has 0 bridgehead atoms. The third-order valence-electron chi connectivity index (χ3n) is 3.03. The molecule has 7 heteroatoms. The Morgan fingerprint density at radius 2 is 2.26 bits per heavy atom. The summed E-state index contributed by atoms with van der Waals surface area (Å²) in [5, 5.41) is 9.97. The van der Waals surface area contributed by atoms with Crippen molar-refractivity contribution >= 4 is 40.9 Å². The zero-order valence-corrected chi connectivity index (χ0v) is 13.2. The molecule has 0 radical (unpaired) electrons. The highest BCUT2D eigenvalue weighted by molar-refractivity contribution is 9.10. The lowest BCUT2D eigenvalue weighted by atomic mass is 9.78. The second-order valence-electron chi connectivity index (χ2n) is 4.29. The standard InChI is InChI=1S/C12H17BBrNO3.ClH/c1-2-3-6-17-9-5-4-8(14)11-10(7-15)18-13(16)12(9)11;/h4-5,10,16H,2-3,6-7,15H2,1H3;1H/t10-;/m1./s1. The average Bonchev–Trinajstić information content (AvgIpc) is 2.71. The molecule has 0 unspecified atom stereocenters. The Hall–Kier alpha value is -0.265. The van der Waals surface area contributed by atoms with Gasteiger partial charge in [-0.1, -0.05) is 29.3 Å². The monoisotopic (exact) mass is 349 g/mol. The van der Waals surface area contributed by atoms with Crippen LogP contribution in [0.2, 0.25) is 0 Å². The Balaban J connectivity index is 0.00000180. The van der Waals surface area contributed by atoms with Crippen LogP contribution in [-0.2, 0) is 4.65 Å². The summed E-state index contributed by atoms with van der Waals surface area (Å²) < 4.78 is 12.0. The molecule has 1 aromatic rings. The van der Waals surface area contributed by atoms with E-state index < -0.39 is 7.12 Å². The zero-order valence-electron chi connectivity index (χ0n) is 10.8. The first kappa shape index (κ1) is 16.8. The molecule has 4 nitrogen and oxygen atoms in total. The molecule has 0 aromatic heterocycles. The number of ether oxygens (including phenoxy) is 1. The number of fused-ring (bicyclic) bond motifs is 1. The summed E-state index contributed by atoms with van der Waals surface area (Å²) in [6.45, 7) is 3.09. The van der Waals surface area contributed by atoms with Crippen molar-refractivity contribution in [3.8, 4) is 5.75 Å². The Kier molecular flexibility index (Phi) is 6.63. The zero-order chi connectivity index (χ0) is 13.1. The van der Waals surface area contributed by atoms with E-state index in [1.807, 2.05) is 12.1 Å². The number of benzene rings is 1. The van der Waals surface area contributed by atoms with Gasteiger partial charge in [-0.2, -0.15) is 0 Å². The van der Waals surface area contributed by atoms with E-state index in [2.05, 4.69) is 22.9 Å². The third kappa shape index (κ3) is 3.44. The van der Waals surface area contributed by atoms with E-state index in [0.717, 1.165) is 22.9 Å². The highest BCUT2D eigenvalue weighted by atomic mass is 79.9. The molecule has 3 N–H and O–H groups in total. The van der Waals surface area contributed by atoms with Gasteiger partial charge in [-0.05, 0) is 24.1 Å². The molecule has 0 aliphatic carbocycles. The molecule has 0 saturated carbocycles. The van der Waals surface area contributed by atoms with Crippen molar-refractivity contribution in [2.75, 3.05) is 13.2 Å². The molecule has 19 heavy (non-hydrogen) atoms. The molecule has 106 valence electrons. The molecule has 1 atom stereocenters. The van der Waals surface area contributed by atoms with Crippen LogP contribution >= 0.6 is 28.3 Å². The van der Waals surface area contributed by atoms with Crippen LogP contribution in [-0.4, -0.2) is 25.3 Å².